The molecule has 2 aliphatic rings. The van der Waals surface area contributed by atoms with Gasteiger partial charge in [-0.2, -0.15) is 0 Å². The monoisotopic (exact) mass is 405 g/mol. The fourth-order valence-corrected chi connectivity index (χ4v) is 3.89. The summed E-state index contributed by atoms with van der Waals surface area (Å²) in [5.41, 5.74) is 7.64. The molecule has 5 rings (SSSR count). The van der Waals surface area contributed by atoms with Gasteiger partial charge in [-0.15, -0.1) is 0 Å². The molecular formula is C22H23N5O3. The third-order valence-electron chi connectivity index (χ3n) is 5.68. The molecule has 3 N–H and O–H groups in total. The average molecular weight is 405 g/mol. The van der Waals surface area contributed by atoms with Gasteiger partial charge >= 0.3 is 5.97 Å². The Bertz CT molecular complexity index is 1180. The maximum atomic E-state index is 12.2. The molecule has 1 saturated carbocycles. The predicted octanol–water partition coefficient (Wildman–Crippen LogP) is 3.22. The first-order chi connectivity index (χ1) is 14.3. The summed E-state index contributed by atoms with van der Waals surface area (Å²) in [7, 11) is 1.58. The summed E-state index contributed by atoms with van der Waals surface area (Å²) in [6, 6.07) is 5.43. The summed E-state index contributed by atoms with van der Waals surface area (Å²) in [6.45, 7) is 3.86. The van der Waals surface area contributed by atoms with E-state index >= 15 is 0 Å². The number of carbonyl (C=O) groups is 1. The van der Waals surface area contributed by atoms with Gasteiger partial charge in [0, 0.05) is 24.4 Å². The molecule has 8 nitrogen and oxygen atoms in total. The van der Waals surface area contributed by atoms with E-state index in [4.69, 9.17) is 15.2 Å². The first-order valence-electron chi connectivity index (χ1n) is 9.90. The van der Waals surface area contributed by atoms with Gasteiger partial charge in [-0.1, -0.05) is 0 Å². The minimum absolute atomic E-state index is 0.286. The van der Waals surface area contributed by atoms with E-state index in [2.05, 4.69) is 20.3 Å². The Morgan fingerprint density at radius 1 is 1.17 bits per heavy atom. The summed E-state index contributed by atoms with van der Waals surface area (Å²) in [5.74, 6) is 1.46. The summed E-state index contributed by atoms with van der Waals surface area (Å²) in [5, 5.41) is 4.94. The molecule has 0 unspecified atom stereocenters. The van der Waals surface area contributed by atoms with E-state index in [-0.39, 0.29) is 11.6 Å². The number of nitrogens with zero attached hydrogens (tertiary/aromatic N) is 3. The normalized spacial score (nSPS) is 16.9. The molecule has 4 heterocycles. The molecule has 1 aliphatic heterocycles. The second-order valence-electron chi connectivity index (χ2n) is 8.58. The van der Waals surface area contributed by atoms with Gasteiger partial charge in [-0.3, -0.25) is 0 Å². The second kappa shape index (κ2) is 6.37. The molecule has 0 bridgehead atoms. The minimum atomic E-state index is -0.584. The number of ether oxygens (including phenoxy) is 2. The molecular weight excluding hydrogens is 382 g/mol. The van der Waals surface area contributed by atoms with Crippen LogP contribution in [0, 0.1) is 0 Å². The van der Waals surface area contributed by atoms with Gasteiger partial charge in [0.15, 0.2) is 0 Å². The molecule has 1 spiro atoms. The zero-order valence-corrected chi connectivity index (χ0v) is 17.2. The van der Waals surface area contributed by atoms with Crippen molar-refractivity contribution >= 4 is 28.4 Å². The van der Waals surface area contributed by atoms with Crippen LogP contribution in [0.4, 0.5) is 11.6 Å². The predicted molar refractivity (Wildman–Crippen MR) is 112 cm³/mol. The van der Waals surface area contributed by atoms with E-state index in [1.807, 2.05) is 19.9 Å². The van der Waals surface area contributed by atoms with Crippen molar-refractivity contribution in [1.82, 2.24) is 15.0 Å². The number of fused-ring (bicyclic) bond motifs is 2. The lowest BCUT2D eigenvalue weighted by Gasteiger charge is -2.24. The van der Waals surface area contributed by atoms with Gasteiger partial charge in [0.25, 0.3) is 0 Å². The van der Waals surface area contributed by atoms with Crippen molar-refractivity contribution < 1.29 is 14.3 Å². The first-order valence-corrected chi connectivity index (χ1v) is 9.90. The average Bonchev–Trinajstić information content (AvgIpc) is 3.43. The van der Waals surface area contributed by atoms with Gasteiger partial charge in [0.2, 0.25) is 5.88 Å². The lowest BCUT2D eigenvalue weighted by molar-refractivity contribution is 0.0174. The van der Waals surface area contributed by atoms with Crippen molar-refractivity contribution in [1.29, 1.82) is 0 Å². The number of methoxy groups -OCH3 is 1. The number of nitrogens with one attached hydrogen (secondary N) is 1. The number of rotatable bonds is 4. The smallest absolute Gasteiger partial charge is 0.340 e. The summed E-state index contributed by atoms with van der Waals surface area (Å²) >= 11 is 0. The van der Waals surface area contributed by atoms with E-state index in [1.165, 1.54) is 0 Å². The molecule has 0 aromatic carbocycles. The molecule has 1 aliphatic carbocycles. The topological polar surface area (TPSA) is 112 Å². The van der Waals surface area contributed by atoms with Crippen LogP contribution >= 0.6 is 0 Å². The van der Waals surface area contributed by atoms with Crippen LogP contribution < -0.4 is 15.8 Å². The Hall–Kier alpha value is -3.26. The van der Waals surface area contributed by atoms with Gasteiger partial charge in [-0.05, 0) is 55.8 Å². The van der Waals surface area contributed by atoms with Crippen molar-refractivity contribution in [2.75, 3.05) is 12.4 Å². The van der Waals surface area contributed by atoms with Gasteiger partial charge < -0.3 is 20.5 Å². The number of hydrogen-bond acceptors (Lipinski definition) is 8. The van der Waals surface area contributed by atoms with Crippen LogP contribution in [0.3, 0.4) is 0 Å². The van der Waals surface area contributed by atoms with Crippen LogP contribution in [-0.2, 0) is 16.7 Å². The molecule has 154 valence electrons. The number of pyridine rings is 3. The minimum Gasteiger partial charge on any atom is -0.481 e. The van der Waals surface area contributed by atoms with Crippen molar-refractivity contribution in [2.45, 2.75) is 44.2 Å². The number of aromatic nitrogens is 3. The van der Waals surface area contributed by atoms with Crippen molar-refractivity contribution in [3.05, 3.63) is 47.4 Å². The molecule has 8 heteroatoms. The zero-order valence-electron chi connectivity index (χ0n) is 17.2. The van der Waals surface area contributed by atoms with Crippen LogP contribution in [0.1, 0.15) is 48.3 Å². The van der Waals surface area contributed by atoms with Crippen molar-refractivity contribution in [3.8, 4) is 5.88 Å². The van der Waals surface area contributed by atoms with Crippen molar-refractivity contribution in [2.24, 2.45) is 5.73 Å². The van der Waals surface area contributed by atoms with Gasteiger partial charge in [-0.25, -0.2) is 19.7 Å². The van der Waals surface area contributed by atoms with Crippen LogP contribution in [0.2, 0.25) is 0 Å². The fraction of sp³-hybridized carbons (Fsp3) is 0.364. The molecule has 3 aromatic rings. The third-order valence-corrected chi connectivity index (χ3v) is 5.68. The SMILES string of the molecule is COc1ncc(C(C)(C)N)c2cc(Nc3ccc4c(n3)CC3(CC3)OC4=O)ncc12. The molecule has 3 aromatic heterocycles. The van der Waals surface area contributed by atoms with E-state index in [0.717, 1.165) is 34.9 Å². The quantitative estimate of drug-likeness (QED) is 0.636. The van der Waals surface area contributed by atoms with Gasteiger partial charge in [0.1, 0.15) is 17.2 Å². The fourth-order valence-electron chi connectivity index (χ4n) is 3.89. The number of esters is 1. The summed E-state index contributed by atoms with van der Waals surface area (Å²) < 4.78 is 10.9. The maximum Gasteiger partial charge on any atom is 0.340 e. The second-order valence-corrected chi connectivity index (χ2v) is 8.58. The number of carbonyl (C=O) groups excluding carboxylic acids is 1. The van der Waals surface area contributed by atoms with E-state index < -0.39 is 5.54 Å². The Balaban J connectivity index is 1.52. The molecule has 0 atom stereocenters. The lowest BCUT2D eigenvalue weighted by Crippen LogP contribution is -2.30. The van der Waals surface area contributed by atoms with Crippen LogP contribution in [-0.4, -0.2) is 33.6 Å². The first kappa shape index (κ1) is 18.7. The molecule has 0 amide bonds. The van der Waals surface area contributed by atoms with Crippen LogP contribution in [0.25, 0.3) is 10.8 Å². The number of hydrogen-bond donors (Lipinski definition) is 2. The van der Waals surface area contributed by atoms with Gasteiger partial charge in [0.05, 0.1) is 23.8 Å². The highest BCUT2D eigenvalue weighted by molar-refractivity contribution is 5.93. The standard InChI is InChI=1S/C22H23N5O3/c1-21(2,23)15-11-25-19(29-3)14-10-24-18(8-13(14)15)27-17-5-4-12-16(26-17)9-22(6-7-22)30-20(12)28/h4-5,8,10-11H,6-7,9,23H2,1-3H3,(H,24,26,27). The summed E-state index contributed by atoms with van der Waals surface area (Å²) in [6.07, 6.45) is 5.91. The Morgan fingerprint density at radius 2 is 1.97 bits per heavy atom. The Morgan fingerprint density at radius 3 is 2.67 bits per heavy atom. The maximum absolute atomic E-state index is 12.2. The lowest BCUT2D eigenvalue weighted by atomic mass is 9.93. The molecule has 0 saturated heterocycles. The van der Waals surface area contributed by atoms with E-state index in [9.17, 15) is 4.79 Å². The number of nitrogens with two attached hydrogens (primary N) is 1. The van der Waals surface area contributed by atoms with Crippen LogP contribution in [0.15, 0.2) is 30.6 Å². The van der Waals surface area contributed by atoms with Crippen molar-refractivity contribution in [3.63, 3.8) is 0 Å². The van der Waals surface area contributed by atoms with Crippen LogP contribution in [0.5, 0.6) is 5.88 Å². The Kier molecular flexibility index (Phi) is 3.98. The highest BCUT2D eigenvalue weighted by Gasteiger charge is 2.50. The highest BCUT2D eigenvalue weighted by Crippen LogP contribution is 2.46. The molecule has 30 heavy (non-hydrogen) atoms. The summed E-state index contributed by atoms with van der Waals surface area (Å²) in [4.78, 5) is 25.8. The largest absolute Gasteiger partial charge is 0.481 e. The zero-order chi connectivity index (χ0) is 21.1. The van der Waals surface area contributed by atoms with E-state index in [0.29, 0.717) is 29.5 Å². The molecule has 1 fully saturated rings. The number of anilines is 2. The van der Waals surface area contributed by atoms with E-state index in [1.54, 1.807) is 31.6 Å². The third kappa shape index (κ3) is 3.13. The molecule has 0 radical (unpaired) electrons. The Labute approximate surface area is 173 Å². The highest BCUT2D eigenvalue weighted by atomic mass is 16.6.